The molecule has 1 unspecified atom stereocenters. The fraction of sp³-hybridized carbons (Fsp3) is 0.280. The van der Waals surface area contributed by atoms with Crippen molar-refractivity contribution in [2.75, 3.05) is 13.1 Å². The number of thioether (sulfide) groups is 1. The number of piperidine rings is 1. The van der Waals surface area contributed by atoms with E-state index in [0.717, 1.165) is 47.1 Å². The van der Waals surface area contributed by atoms with Gasteiger partial charge in [-0.05, 0) is 61.2 Å². The average molecular weight is 449 g/mol. The lowest BCUT2D eigenvalue weighted by Crippen LogP contribution is -2.38. The Morgan fingerprint density at radius 1 is 1.22 bits per heavy atom. The van der Waals surface area contributed by atoms with Gasteiger partial charge in [-0.2, -0.15) is 0 Å². The van der Waals surface area contributed by atoms with Crippen molar-refractivity contribution >= 4 is 23.7 Å². The first-order valence-corrected chi connectivity index (χ1v) is 11.7. The Hall–Kier alpha value is -3.06. The maximum atomic E-state index is 13.1. The molecular weight excluding hydrogens is 423 g/mol. The van der Waals surface area contributed by atoms with Crippen LogP contribution in [0.15, 0.2) is 66.1 Å². The first kappa shape index (κ1) is 22.1. The van der Waals surface area contributed by atoms with Crippen molar-refractivity contribution in [1.82, 2.24) is 19.9 Å². The molecule has 0 bridgehead atoms. The molecule has 3 heterocycles. The number of carbonyl (C=O) groups excluding carboxylic acids is 1. The summed E-state index contributed by atoms with van der Waals surface area (Å²) in [6, 6.07) is 12.0. The Bertz CT molecular complexity index is 1090. The summed E-state index contributed by atoms with van der Waals surface area (Å²) in [4.78, 5) is 28.3. The van der Waals surface area contributed by atoms with E-state index in [9.17, 15) is 9.18 Å². The topological polar surface area (TPSA) is 59.0 Å². The number of amides is 1. The Morgan fingerprint density at radius 2 is 2.06 bits per heavy atom. The zero-order valence-corrected chi connectivity index (χ0v) is 18.8. The number of nitrogens with zero attached hydrogens (tertiary/aromatic N) is 4. The first-order chi connectivity index (χ1) is 15.6. The van der Waals surface area contributed by atoms with E-state index in [1.54, 1.807) is 42.2 Å². The van der Waals surface area contributed by atoms with E-state index in [1.807, 2.05) is 36.2 Å². The van der Waals surface area contributed by atoms with Crippen LogP contribution in [0.2, 0.25) is 0 Å². The van der Waals surface area contributed by atoms with Gasteiger partial charge in [0.2, 0.25) is 5.91 Å². The summed E-state index contributed by atoms with van der Waals surface area (Å²) >= 11 is 1.57. The highest BCUT2D eigenvalue weighted by Gasteiger charge is 2.26. The Morgan fingerprint density at radius 3 is 2.84 bits per heavy atom. The van der Waals surface area contributed by atoms with Crippen molar-refractivity contribution in [2.24, 2.45) is 0 Å². The zero-order chi connectivity index (χ0) is 22.3. The molecule has 1 aliphatic rings. The van der Waals surface area contributed by atoms with Crippen LogP contribution < -0.4 is 0 Å². The van der Waals surface area contributed by atoms with Crippen LogP contribution in [0, 0.1) is 12.7 Å². The maximum absolute atomic E-state index is 13.1. The molecule has 164 valence electrons. The van der Waals surface area contributed by atoms with Crippen LogP contribution in [0.5, 0.6) is 0 Å². The lowest BCUT2D eigenvalue weighted by Gasteiger charge is -2.32. The van der Waals surface area contributed by atoms with Crippen LogP contribution in [0.3, 0.4) is 0 Å². The summed E-state index contributed by atoms with van der Waals surface area (Å²) in [7, 11) is 0. The molecule has 2 aromatic heterocycles. The third-order valence-corrected chi connectivity index (χ3v) is 6.37. The number of hydrogen-bond acceptors (Lipinski definition) is 5. The van der Waals surface area contributed by atoms with Crippen molar-refractivity contribution in [2.45, 2.75) is 36.6 Å². The molecule has 0 saturated carbocycles. The number of aryl methyl sites for hydroxylation is 1. The second kappa shape index (κ2) is 10.5. The predicted molar refractivity (Wildman–Crippen MR) is 125 cm³/mol. The van der Waals surface area contributed by atoms with Gasteiger partial charge in [0.05, 0.1) is 11.4 Å². The number of likely N-dealkylation sites (tertiary alicyclic amines) is 1. The smallest absolute Gasteiger partial charge is 0.246 e. The minimum Gasteiger partial charge on any atom is -0.338 e. The molecule has 3 aromatic rings. The Labute approximate surface area is 191 Å². The van der Waals surface area contributed by atoms with Crippen LogP contribution >= 0.6 is 11.8 Å². The van der Waals surface area contributed by atoms with Gasteiger partial charge in [0, 0.05) is 43.2 Å². The van der Waals surface area contributed by atoms with Crippen LogP contribution in [-0.2, 0) is 10.5 Å². The molecule has 1 aromatic carbocycles. The molecule has 1 aliphatic heterocycles. The number of halogens is 1. The van der Waals surface area contributed by atoms with Crippen molar-refractivity contribution in [1.29, 1.82) is 0 Å². The lowest BCUT2D eigenvalue weighted by molar-refractivity contribution is -0.127. The number of hydrogen-bond donors (Lipinski definition) is 0. The Balaban J connectivity index is 1.41. The lowest BCUT2D eigenvalue weighted by atomic mass is 9.92. The van der Waals surface area contributed by atoms with E-state index in [4.69, 9.17) is 4.98 Å². The van der Waals surface area contributed by atoms with Gasteiger partial charge in [-0.3, -0.25) is 9.78 Å². The van der Waals surface area contributed by atoms with Crippen LogP contribution in [0.1, 0.15) is 41.3 Å². The molecule has 7 heteroatoms. The molecule has 32 heavy (non-hydrogen) atoms. The number of aromatic nitrogens is 3. The minimum absolute atomic E-state index is 0.0320. The van der Waals surface area contributed by atoms with Gasteiger partial charge >= 0.3 is 0 Å². The molecule has 5 nitrogen and oxygen atoms in total. The zero-order valence-electron chi connectivity index (χ0n) is 17.9. The highest BCUT2D eigenvalue weighted by molar-refractivity contribution is 7.98. The molecule has 1 fully saturated rings. The summed E-state index contributed by atoms with van der Waals surface area (Å²) in [5, 5.41) is 0.732. The van der Waals surface area contributed by atoms with Gasteiger partial charge in [-0.1, -0.05) is 30.0 Å². The van der Waals surface area contributed by atoms with Crippen molar-refractivity contribution in [3.05, 3.63) is 89.3 Å². The molecule has 1 amide bonds. The number of carbonyl (C=O) groups is 1. The van der Waals surface area contributed by atoms with Gasteiger partial charge in [-0.25, -0.2) is 14.4 Å². The average Bonchev–Trinajstić information content (AvgIpc) is 2.83. The van der Waals surface area contributed by atoms with Crippen molar-refractivity contribution < 1.29 is 9.18 Å². The highest BCUT2D eigenvalue weighted by atomic mass is 32.2. The molecular formula is C25H25FN4OS. The standard InChI is InChI=1S/C25H25FN4OS/c1-18-15-28-25(32-17-22-6-2-3-13-27-22)29-24(18)20-5-4-14-30(16-20)23(31)12-9-19-7-10-21(26)11-8-19/h2-3,6-13,15,20H,4-5,14,16-17H2,1H3/b12-9+. The third-order valence-electron chi connectivity index (χ3n) is 5.47. The van der Waals surface area contributed by atoms with Gasteiger partial charge in [0.1, 0.15) is 5.82 Å². The van der Waals surface area contributed by atoms with Crippen LogP contribution in [0.4, 0.5) is 4.39 Å². The fourth-order valence-electron chi connectivity index (χ4n) is 3.79. The summed E-state index contributed by atoms with van der Waals surface area (Å²) < 4.78 is 13.1. The monoisotopic (exact) mass is 448 g/mol. The molecule has 1 atom stereocenters. The Kier molecular flexibility index (Phi) is 7.27. The van der Waals surface area contributed by atoms with Crippen molar-refractivity contribution in [3.63, 3.8) is 0 Å². The molecule has 0 spiro atoms. The molecule has 0 aliphatic carbocycles. The fourth-order valence-corrected chi connectivity index (χ4v) is 4.53. The number of benzene rings is 1. The predicted octanol–water partition coefficient (Wildman–Crippen LogP) is 5.03. The maximum Gasteiger partial charge on any atom is 0.246 e. The van der Waals surface area contributed by atoms with Gasteiger partial charge in [0.15, 0.2) is 5.16 Å². The minimum atomic E-state index is -0.287. The molecule has 1 saturated heterocycles. The van der Waals surface area contributed by atoms with Gasteiger partial charge in [-0.15, -0.1) is 0 Å². The van der Waals surface area contributed by atoms with Crippen LogP contribution in [0.25, 0.3) is 6.08 Å². The number of pyridine rings is 1. The summed E-state index contributed by atoms with van der Waals surface area (Å²) in [6.45, 7) is 3.39. The van der Waals surface area contributed by atoms with Crippen LogP contribution in [-0.4, -0.2) is 38.8 Å². The summed E-state index contributed by atoms with van der Waals surface area (Å²) in [5.74, 6) is 0.581. The van der Waals surface area contributed by atoms with Gasteiger partial charge < -0.3 is 4.90 Å². The normalized spacial score (nSPS) is 16.4. The van der Waals surface area contributed by atoms with Crippen molar-refractivity contribution in [3.8, 4) is 0 Å². The van der Waals surface area contributed by atoms with E-state index < -0.39 is 0 Å². The second-order valence-electron chi connectivity index (χ2n) is 7.84. The van der Waals surface area contributed by atoms with E-state index in [0.29, 0.717) is 12.3 Å². The highest BCUT2D eigenvalue weighted by Crippen LogP contribution is 2.29. The van der Waals surface area contributed by atoms with E-state index in [-0.39, 0.29) is 17.6 Å². The van der Waals surface area contributed by atoms with E-state index >= 15 is 0 Å². The molecule has 0 radical (unpaired) electrons. The first-order valence-electron chi connectivity index (χ1n) is 10.7. The second-order valence-corrected chi connectivity index (χ2v) is 8.78. The van der Waals surface area contributed by atoms with E-state index in [1.165, 1.54) is 12.1 Å². The summed E-state index contributed by atoms with van der Waals surface area (Å²) in [5.41, 5.74) is 3.86. The number of rotatable bonds is 6. The molecule has 0 N–H and O–H groups in total. The summed E-state index contributed by atoms with van der Waals surface area (Å²) in [6.07, 6.45) is 8.88. The SMILES string of the molecule is Cc1cnc(SCc2ccccn2)nc1C1CCCN(C(=O)/C=C/c2ccc(F)cc2)C1. The largest absolute Gasteiger partial charge is 0.338 e. The van der Waals surface area contributed by atoms with E-state index in [2.05, 4.69) is 9.97 Å². The molecule has 4 rings (SSSR count). The van der Waals surface area contributed by atoms with Gasteiger partial charge in [0.25, 0.3) is 0 Å². The quantitative estimate of drug-likeness (QED) is 0.301. The third kappa shape index (κ3) is 5.79.